The number of ether oxygens (including phenoxy) is 4. The molecule has 3 aromatic rings. The summed E-state index contributed by atoms with van der Waals surface area (Å²) < 4.78 is 21.0. The monoisotopic (exact) mass is 614 g/mol. The maximum absolute atomic E-state index is 12.9. The number of carbonyl (C=O) groups excluding carboxylic acids is 3. The lowest BCUT2D eigenvalue weighted by Crippen LogP contribution is -2.61. The zero-order chi connectivity index (χ0) is 32.1. The van der Waals surface area contributed by atoms with Crippen LogP contribution in [0.5, 0.6) is 34.5 Å². The summed E-state index contributed by atoms with van der Waals surface area (Å²) in [5, 5.41) is 79.3. The summed E-state index contributed by atoms with van der Waals surface area (Å²) in [4.78, 5) is 37.9. The number of aliphatic hydroxyl groups is 2. The van der Waals surface area contributed by atoms with Crippen LogP contribution in [-0.4, -0.2) is 96.1 Å². The van der Waals surface area contributed by atoms with E-state index < -0.39 is 101 Å². The van der Waals surface area contributed by atoms with Gasteiger partial charge in [0.2, 0.25) is 6.29 Å². The SMILES string of the molecule is O=C(C=Cc1ccccc1)O[C@H]1[C@H](OC(=O)c2cc(O)c(O)c(O)c2)O[C@H](COC(=O)c2cc(O)c(O)c(O)c2)[C@@H](O)[C@@H]1O. The van der Waals surface area contributed by atoms with Gasteiger partial charge in [-0.25, -0.2) is 14.4 Å². The van der Waals surface area contributed by atoms with Crippen molar-refractivity contribution in [1.29, 1.82) is 0 Å². The molecule has 1 aliphatic heterocycles. The predicted octanol–water partition coefficient (Wildman–Crippen LogP) is 1.01. The van der Waals surface area contributed by atoms with Gasteiger partial charge in [-0.15, -0.1) is 0 Å². The average molecular weight is 615 g/mol. The number of aliphatic hydroxyl groups excluding tert-OH is 2. The molecule has 0 radical (unpaired) electrons. The zero-order valence-corrected chi connectivity index (χ0v) is 22.4. The summed E-state index contributed by atoms with van der Waals surface area (Å²) in [6.07, 6.45) is -6.90. The Labute approximate surface area is 247 Å². The lowest BCUT2D eigenvalue weighted by Gasteiger charge is -2.41. The molecule has 0 aromatic heterocycles. The fourth-order valence-electron chi connectivity index (χ4n) is 4.02. The fourth-order valence-corrected chi connectivity index (χ4v) is 4.02. The molecular formula is C29H26O15. The summed E-state index contributed by atoms with van der Waals surface area (Å²) in [6.45, 7) is -0.803. The molecule has 15 nitrogen and oxygen atoms in total. The third-order valence-corrected chi connectivity index (χ3v) is 6.32. The van der Waals surface area contributed by atoms with Crippen LogP contribution in [0.3, 0.4) is 0 Å². The molecule has 0 spiro atoms. The Kier molecular flexibility index (Phi) is 9.43. The highest BCUT2D eigenvalue weighted by Gasteiger charge is 2.49. The molecule has 4 rings (SSSR count). The van der Waals surface area contributed by atoms with Gasteiger partial charge in [0.15, 0.2) is 40.6 Å². The summed E-state index contributed by atoms with van der Waals surface area (Å²) in [5.74, 6) is -8.69. The van der Waals surface area contributed by atoms with Gasteiger partial charge >= 0.3 is 17.9 Å². The second-order valence-corrected chi connectivity index (χ2v) is 9.40. The van der Waals surface area contributed by atoms with Gasteiger partial charge < -0.3 is 59.8 Å². The van der Waals surface area contributed by atoms with Crippen molar-refractivity contribution in [1.82, 2.24) is 0 Å². The third-order valence-electron chi connectivity index (χ3n) is 6.32. The standard InChI is InChI=1S/C29H26O15/c30-16-8-14(9-17(31)22(16)35)27(39)41-12-20-24(37)25(38)26(43-21(34)7-6-13-4-2-1-3-5-13)29(42-20)44-28(40)15-10-18(32)23(36)19(33)11-15/h1-11,20,24-26,29-33,35-38H,12H2/t20-,24-,25+,26-,29+/m1/s1. The van der Waals surface area contributed by atoms with E-state index in [2.05, 4.69) is 0 Å². The van der Waals surface area contributed by atoms with Crippen LogP contribution < -0.4 is 0 Å². The highest BCUT2D eigenvalue weighted by atomic mass is 16.7. The van der Waals surface area contributed by atoms with E-state index in [0.717, 1.165) is 30.3 Å². The Balaban J connectivity index is 1.54. The van der Waals surface area contributed by atoms with E-state index in [1.807, 2.05) is 0 Å². The van der Waals surface area contributed by atoms with Crippen LogP contribution in [0.15, 0.2) is 60.7 Å². The number of hydrogen-bond acceptors (Lipinski definition) is 15. The van der Waals surface area contributed by atoms with E-state index in [1.165, 1.54) is 6.08 Å². The molecule has 1 fully saturated rings. The smallest absolute Gasteiger partial charge is 0.340 e. The molecule has 8 N–H and O–H groups in total. The zero-order valence-electron chi connectivity index (χ0n) is 22.4. The van der Waals surface area contributed by atoms with Gasteiger partial charge in [-0.2, -0.15) is 0 Å². The molecule has 44 heavy (non-hydrogen) atoms. The van der Waals surface area contributed by atoms with Crippen molar-refractivity contribution in [3.8, 4) is 34.5 Å². The summed E-state index contributed by atoms with van der Waals surface area (Å²) in [7, 11) is 0. The number of rotatable bonds is 8. The number of benzene rings is 3. The Morgan fingerprint density at radius 2 is 1.25 bits per heavy atom. The molecule has 3 aromatic carbocycles. The molecule has 1 heterocycles. The maximum Gasteiger partial charge on any atom is 0.340 e. The normalized spacial score (nSPS) is 21.5. The van der Waals surface area contributed by atoms with E-state index in [4.69, 9.17) is 18.9 Å². The lowest BCUT2D eigenvalue weighted by molar-refractivity contribution is -0.288. The van der Waals surface area contributed by atoms with Crippen molar-refractivity contribution in [2.45, 2.75) is 30.7 Å². The first kappa shape index (κ1) is 31.4. The molecule has 232 valence electrons. The van der Waals surface area contributed by atoms with E-state index in [-0.39, 0.29) is 0 Å². The second kappa shape index (κ2) is 13.2. The highest BCUT2D eigenvalue weighted by molar-refractivity contribution is 5.92. The van der Waals surface area contributed by atoms with Crippen molar-refractivity contribution in [2.75, 3.05) is 6.61 Å². The minimum Gasteiger partial charge on any atom is -0.504 e. The molecular weight excluding hydrogens is 588 g/mol. The van der Waals surface area contributed by atoms with Crippen molar-refractivity contribution < 1.29 is 74.2 Å². The molecule has 1 aliphatic rings. The third kappa shape index (κ3) is 7.09. The largest absolute Gasteiger partial charge is 0.504 e. The first-order valence-electron chi connectivity index (χ1n) is 12.7. The summed E-state index contributed by atoms with van der Waals surface area (Å²) in [6, 6.07) is 11.6. The Hall–Kier alpha value is -5.51. The van der Waals surface area contributed by atoms with Crippen LogP contribution in [-0.2, 0) is 23.7 Å². The van der Waals surface area contributed by atoms with E-state index in [0.29, 0.717) is 5.56 Å². The number of phenolic OH excluding ortho intramolecular Hbond substituents is 6. The second-order valence-electron chi connectivity index (χ2n) is 9.40. The minimum atomic E-state index is -1.98. The van der Waals surface area contributed by atoms with Gasteiger partial charge in [-0.1, -0.05) is 30.3 Å². The molecule has 0 unspecified atom stereocenters. The van der Waals surface area contributed by atoms with Crippen LogP contribution in [0, 0.1) is 0 Å². The Morgan fingerprint density at radius 3 is 1.80 bits per heavy atom. The number of hydrogen-bond donors (Lipinski definition) is 8. The van der Waals surface area contributed by atoms with Crippen molar-refractivity contribution in [3.05, 3.63) is 77.4 Å². The highest BCUT2D eigenvalue weighted by Crippen LogP contribution is 2.37. The van der Waals surface area contributed by atoms with Crippen LogP contribution in [0.25, 0.3) is 6.08 Å². The molecule has 0 saturated carbocycles. The molecule has 0 amide bonds. The topological polar surface area (TPSA) is 250 Å². The van der Waals surface area contributed by atoms with Gasteiger partial charge in [0.05, 0.1) is 11.1 Å². The van der Waals surface area contributed by atoms with E-state index in [9.17, 15) is 55.2 Å². The minimum absolute atomic E-state index is 0.407. The van der Waals surface area contributed by atoms with Crippen molar-refractivity contribution >= 4 is 24.0 Å². The molecule has 15 heteroatoms. The first-order valence-corrected chi connectivity index (χ1v) is 12.7. The van der Waals surface area contributed by atoms with Crippen molar-refractivity contribution in [2.24, 2.45) is 0 Å². The van der Waals surface area contributed by atoms with Gasteiger partial charge in [-0.05, 0) is 35.9 Å². The summed E-state index contributed by atoms with van der Waals surface area (Å²) in [5.41, 5.74) is -0.279. The molecule has 1 saturated heterocycles. The maximum atomic E-state index is 12.9. The van der Waals surface area contributed by atoms with Crippen LogP contribution in [0.1, 0.15) is 26.3 Å². The van der Waals surface area contributed by atoms with Gasteiger partial charge in [-0.3, -0.25) is 0 Å². The van der Waals surface area contributed by atoms with Crippen LogP contribution in [0.2, 0.25) is 0 Å². The quantitative estimate of drug-likeness (QED) is 0.0763. The Bertz CT molecular complexity index is 1520. The number of phenols is 6. The van der Waals surface area contributed by atoms with Gasteiger partial charge in [0.1, 0.15) is 24.9 Å². The van der Waals surface area contributed by atoms with Crippen molar-refractivity contribution in [3.63, 3.8) is 0 Å². The average Bonchev–Trinajstić information content (AvgIpc) is 3.00. The Morgan fingerprint density at radius 1 is 0.727 bits per heavy atom. The molecule has 0 bridgehead atoms. The van der Waals surface area contributed by atoms with E-state index in [1.54, 1.807) is 30.3 Å². The number of esters is 3. The van der Waals surface area contributed by atoms with E-state index >= 15 is 0 Å². The summed E-state index contributed by atoms with van der Waals surface area (Å²) >= 11 is 0. The van der Waals surface area contributed by atoms with Gasteiger partial charge in [0.25, 0.3) is 0 Å². The molecule has 5 atom stereocenters. The van der Waals surface area contributed by atoms with Crippen LogP contribution >= 0.6 is 0 Å². The number of carbonyl (C=O) groups is 3. The first-order chi connectivity index (χ1) is 20.8. The van der Waals surface area contributed by atoms with Gasteiger partial charge in [0, 0.05) is 6.08 Å². The predicted molar refractivity (Wildman–Crippen MR) is 145 cm³/mol. The molecule has 0 aliphatic carbocycles. The van der Waals surface area contributed by atoms with Crippen LogP contribution in [0.4, 0.5) is 0 Å². The number of aromatic hydroxyl groups is 6. The lowest BCUT2D eigenvalue weighted by atomic mass is 9.99. The fraction of sp³-hybridized carbons (Fsp3) is 0.207.